The van der Waals surface area contributed by atoms with Crippen molar-refractivity contribution in [3.05, 3.63) is 12.2 Å². The Balaban J connectivity index is 4.32. The summed E-state index contributed by atoms with van der Waals surface area (Å²) < 4.78 is 14.6. The fourth-order valence-corrected chi connectivity index (χ4v) is 0.906. The van der Waals surface area contributed by atoms with Gasteiger partial charge in [0.2, 0.25) is 0 Å². The molecule has 7 heteroatoms. The highest BCUT2D eigenvalue weighted by Gasteiger charge is 2.18. The van der Waals surface area contributed by atoms with Crippen LogP contribution in [0.25, 0.3) is 0 Å². The SMILES string of the molecule is C=C(C)C(=O)OCC(COC(=O)CC)OC(=O)NC. The van der Waals surface area contributed by atoms with Crippen molar-refractivity contribution in [1.29, 1.82) is 0 Å². The topological polar surface area (TPSA) is 90.9 Å². The number of amides is 1. The molecule has 0 aliphatic rings. The van der Waals surface area contributed by atoms with E-state index in [1.807, 2.05) is 0 Å². The molecule has 0 bridgehead atoms. The van der Waals surface area contributed by atoms with Crippen LogP contribution in [0.5, 0.6) is 0 Å². The molecule has 1 amide bonds. The van der Waals surface area contributed by atoms with Gasteiger partial charge in [0, 0.05) is 19.0 Å². The fourth-order valence-electron chi connectivity index (χ4n) is 0.906. The molecule has 0 heterocycles. The zero-order valence-corrected chi connectivity index (χ0v) is 11.4. The van der Waals surface area contributed by atoms with E-state index in [0.717, 1.165) is 0 Å². The predicted octanol–water partition coefficient (Wildman–Crippen LogP) is 0.783. The molecule has 0 rings (SSSR count). The maximum absolute atomic E-state index is 11.2. The van der Waals surface area contributed by atoms with Gasteiger partial charge < -0.3 is 19.5 Å². The molecule has 0 saturated heterocycles. The van der Waals surface area contributed by atoms with E-state index >= 15 is 0 Å². The van der Waals surface area contributed by atoms with Crippen molar-refractivity contribution in [2.75, 3.05) is 20.3 Å². The monoisotopic (exact) mass is 273 g/mol. The molecule has 0 aromatic heterocycles. The van der Waals surface area contributed by atoms with Crippen LogP contribution in [0.3, 0.4) is 0 Å². The Bertz CT molecular complexity index is 352. The highest BCUT2D eigenvalue weighted by atomic mass is 16.6. The second kappa shape index (κ2) is 8.96. The van der Waals surface area contributed by atoms with Gasteiger partial charge in [0.15, 0.2) is 6.10 Å². The molecule has 0 aromatic carbocycles. The third-order valence-corrected chi connectivity index (χ3v) is 1.95. The quantitative estimate of drug-likeness (QED) is 0.419. The van der Waals surface area contributed by atoms with Gasteiger partial charge in [-0.3, -0.25) is 4.79 Å². The first kappa shape index (κ1) is 16.9. The van der Waals surface area contributed by atoms with Crippen molar-refractivity contribution in [2.45, 2.75) is 26.4 Å². The second-order valence-corrected chi connectivity index (χ2v) is 3.69. The summed E-state index contributed by atoms with van der Waals surface area (Å²) in [7, 11) is 1.39. The van der Waals surface area contributed by atoms with Crippen LogP contribution in [0.1, 0.15) is 20.3 Å². The van der Waals surface area contributed by atoms with Crippen molar-refractivity contribution >= 4 is 18.0 Å². The average molecular weight is 273 g/mol. The van der Waals surface area contributed by atoms with Crippen molar-refractivity contribution in [1.82, 2.24) is 5.32 Å². The lowest BCUT2D eigenvalue weighted by Gasteiger charge is -2.17. The normalized spacial score (nSPS) is 11.1. The van der Waals surface area contributed by atoms with Crippen LogP contribution >= 0.6 is 0 Å². The summed E-state index contributed by atoms with van der Waals surface area (Å²) in [5.41, 5.74) is 0.226. The molecule has 0 aromatic rings. The largest absolute Gasteiger partial charge is 0.462 e. The summed E-state index contributed by atoms with van der Waals surface area (Å²) in [5.74, 6) is -1.04. The van der Waals surface area contributed by atoms with Crippen molar-refractivity contribution in [2.24, 2.45) is 0 Å². The third-order valence-electron chi connectivity index (χ3n) is 1.95. The first-order valence-electron chi connectivity index (χ1n) is 5.77. The summed E-state index contributed by atoms with van der Waals surface area (Å²) in [6.45, 7) is 6.16. The lowest BCUT2D eigenvalue weighted by atomic mass is 10.3. The van der Waals surface area contributed by atoms with E-state index in [-0.39, 0.29) is 25.2 Å². The lowest BCUT2D eigenvalue weighted by Crippen LogP contribution is -2.34. The van der Waals surface area contributed by atoms with Crippen LogP contribution in [-0.4, -0.2) is 44.4 Å². The number of rotatable bonds is 7. The van der Waals surface area contributed by atoms with Gasteiger partial charge in [0.05, 0.1) is 0 Å². The minimum atomic E-state index is -0.862. The van der Waals surface area contributed by atoms with E-state index in [9.17, 15) is 14.4 Å². The van der Waals surface area contributed by atoms with Gasteiger partial charge in [-0.25, -0.2) is 9.59 Å². The minimum Gasteiger partial charge on any atom is -0.462 e. The van der Waals surface area contributed by atoms with Crippen molar-refractivity contribution in [3.63, 3.8) is 0 Å². The van der Waals surface area contributed by atoms with E-state index in [1.165, 1.54) is 14.0 Å². The van der Waals surface area contributed by atoms with Gasteiger partial charge in [0.1, 0.15) is 13.2 Å². The molecule has 1 N–H and O–H groups in total. The van der Waals surface area contributed by atoms with Gasteiger partial charge in [0.25, 0.3) is 0 Å². The van der Waals surface area contributed by atoms with Crippen molar-refractivity contribution < 1.29 is 28.6 Å². The molecule has 0 aliphatic carbocycles. The number of carbonyl (C=O) groups excluding carboxylic acids is 3. The van der Waals surface area contributed by atoms with Gasteiger partial charge in [-0.1, -0.05) is 13.5 Å². The Hall–Kier alpha value is -2.05. The van der Waals surface area contributed by atoms with E-state index < -0.39 is 24.1 Å². The molecule has 0 saturated carbocycles. The minimum absolute atomic E-state index is 0.177. The molecule has 108 valence electrons. The Morgan fingerprint density at radius 2 is 1.79 bits per heavy atom. The van der Waals surface area contributed by atoms with Gasteiger partial charge in [-0.2, -0.15) is 0 Å². The first-order valence-corrected chi connectivity index (χ1v) is 5.77. The van der Waals surface area contributed by atoms with Gasteiger partial charge in [-0.05, 0) is 6.92 Å². The Morgan fingerprint density at radius 1 is 1.21 bits per heavy atom. The molecule has 1 unspecified atom stereocenters. The standard InChI is InChI=1S/C12H19NO6/c1-5-10(14)17-6-9(19-12(16)13-4)7-18-11(15)8(2)3/h9H,2,5-7H2,1,3-4H3,(H,13,16). The smallest absolute Gasteiger partial charge is 0.407 e. The molecule has 0 spiro atoms. The first-order chi connectivity index (χ1) is 8.90. The number of esters is 2. The molecule has 1 atom stereocenters. The van der Waals surface area contributed by atoms with Crippen LogP contribution < -0.4 is 5.32 Å². The predicted molar refractivity (Wildman–Crippen MR) is 66.4 cm³/mol. The fraction of sp³-hybridized carbons (Fsp3) is 0.583. The number of carbonyl (C=O) groups is 3. The Morgan fingerprint density at radius 3 is 2.26 bits per heavy atom. The van der Waals surface area contributed by atoms with Gasteiger partial charge in [-0.15, -0.1) is 0 Å². The lowest BCUT2D eigenvalue weighted by molar-refractivity contribution is -0.150. The molecule has 0 fully saturated rings. The zero-order valence-electron chi connectivity index (χ0n) is 11.4. The van der Waals surface area contributed by atoms with E-state index in [1.54, 1.807) is 6.92 Å². The van der Waals surface area contributed by atoms with E-state index in [2.05, 4.69) is 11.9 Å². The van der Waals surface area contributed by atoms with Crippen LogP contribution in [-0.2, 0) is 23.8 Å². The molecule has 7 nitrogen and oxygen atoms in total. The van der Waals surface area contributed by atoms with Crippen LogP contribution in [0.4, 0.5) is 4.79 Å². The zero-order chi connectivity index (χ0) is 14.8. The second-order valence-electron chi connectivity index (χ2n) is 3.69. The summed E-state index contributed by atoms with van der Waals surface area (Å²) in [5, 5.41) is 2.25. The van der Waals surface area contributed by atoms with E-state index in [0.29, 0.717) is 0 Å². The average Bonchev–Trinajstić information content (AvgIpc) is 2.40. The highest BCUT2D eigenvalue weighted by Crippen LogP contribution is 2.00. The number of alkyl carbamates (subject to hydrolysis) is 1. The third kappa shape index (κ3) is 7.80. The van der Waals surface area contributed by atoms with Gasteiger partial charge >= 0.3 is 18.0 Å². The molecule has 19 heavy (non-hydrogen) atoms. The maximum atomic E-state index is 11.2. The number of hydrogen-bond acceptors (Lipinski definition) is 6. The summed E-state index contributed by atoms with van der Waals surface area (Å²) in [6.07, 6.45) is -1.36. The molecule has 0 radical (unpaired) electrons. The number of nitrogens with one attached hydrogen (secondary N) is 1. The van der Waals surface area contributed by atoms with Crippen LogP contribution in [0, 0.1) is 0 Å². The number of ether oxygens (including phenoxy) is 3. The van der Waals surface area contributed by atoms with E-state index in [4.69, 9.17) is 14.2 Å². The highest BCUT2D eigenvalue weighted by molar-refractivity contribution is 5.86. The Labute approximate surface area is 111 Å². The van der Waals surface area contributed by atoms with Crippen LogP contribution in [0.15, 0.2) is 12.2 Å². The van der Waals surface area contributed by atoms with Crippen molar-refractivity contribution in [3.8, 4) is 0 Å². The molecule has 0 aliphatic heterocycles. The van der Waals surface area contributed by atoms with Crippen LogP contribution in [0.2, 0.25) is 0 Å². The maximum Gasteiger partial charge on any atom is 0.407 e. The molecular weight excluding hydrogens is 254 g/mol. The molecular formula is C12H19NO6. The summed E-state index contributed by atoms with van der Waals surface area (Å²) in [4.78, 5) is 33.3. The summed E-state index contributed by atoms with van der Waals surface area (Å²) >= 11 is 0. The summed E-state index contributed by atoms with van der Waals surface area (Å²) in [6, 6.07) is 0. The Kier molecular flexibility index (Phi) is 7.99. The number of hydrogen-bond donors (Lipinski definition) is 1.